The molecule has 1 saturated heterocycles. The number of nitrogens with zero attached hydrogens (tertiary/aromatic N) is 1. The van der Waals surface area contributed by atoms with Gasteiger partial charge in [0.2, 0.25) is 0 Å². The van der Waals surface area contributed by atoms with Crippen molar-refractivity contribution in [2.24, 2.45) is 0 Å². The summed E-state index contributed by atoms with van der Waals surface area (Å²) in [5, 5.41) is 1.22. The van der Waals surface area contributed by atoms with Gasteiger partial charge in [0.1, 0.15) is 11.3 Å². The first kappa shape index (κ1) is 14.3. The van der Waals surface area contributed by atoms with E-state index in [2.05, 4.69) is 21.4 Å². The third-order valence-electron chi connectivity index (χ3n) is 3.04. The molecule has 6 heteroatoms. The van der Waals surface area contributed by atoms with E-state index in [4.69, 9.17) is 4.42 Å². The number of nitrogens with one attached hydrogen (secondary N) is 1. The Kier molecular flexibility index (Phi) is 3.93. The molecule has 0 aliphatic carbocycles. The first-order chi connectivity index (χ1) is 10.6. The molecule has 2 amide bonds. The topological polar surface area (TPSA) is 62.6 Å². The van der Waals surface area contributed by atoms with Crippen molar-refractivity contribution >= 4 is 39.5 Å². The van der Waals surface area contributed by atoms with Gasteiger partial charge in [-0.25, -0.2) is 5.01 Å². The number of furan rings is 1. The van der Waals surface area contributed by atoms with Gasteiger partial charge in [-0.15, -0.1) is 0 Å². The number of benzene rings is 1. The molecule has 1 aromatic heterocycles. The number of allylic oxidation sites excluding steroid dienone is 2. The molecule has 1 aliphatic heterocycles. The van der Waals surface area contributed by atoms with Crippen molar-refractivity contribution < 1.29 is 14.0 Å². The highest BCUT2D eigenvalue weighted by Gasteiger charge is 2.33. The van der Waals surface area contributed by atoms with Gasteiger partial charge in [0.15, 0.2) is 0 Å². The lowest BCUT2D eigenvalue weighted by Crippen LogP contribution is -2.35. The molecule has 1 N–H and O–H groups in total. The highest BCUT2D eigenvalue weighted by Crippen LogP contribution is 2.22. The number of halogens is 1. The van der Waals surface area contributed by atoms with E-state index in [1.165, 1.54) is 11.1 Å². The summed E-state index contributed by atoms with van der Waals surface area (Å²) in [5.41, 5.74) is 3.21. The number of hydrazine groups is 1. The summed E-state index contributed by atoms with van der Waals surface area (Å²) in [7, 11) is 0. The van der Waals surface area contributed by atoms with Gasteiger partial charge in [-0.05, 0) is 48.6 Å². The fourth-order valence-electron chi connectivity index (χ4n) is 1.97. The second kappa shape index (κ2) is 6.03. The summed E-state index contributed by atoms with van der Waals surface area (Å²) >= 11 is 3.33. The van der Waals surface area contributed by atoms with Crippen LogP contribution < -0.4 is 10.4 Å². The monoisotopic (exact) mass is 358 g/mol. The van der Waals surface area contributed by atoms with E-state index in [0.29, 0.717) is 11.4 Å². The van der Waals surface area contributed by atoms with Crippen LogP contribution in [-0.2, 0) is 9.59 Å². The maximum Gasteiger partial charge on any atom is 0.282 e. The predicted molar refractivity (Wildman–Crippen MR) is 85.6 cm³/mol. The summed E-state index contributed by atoms with van der Waals surface area (Å²) in [6.07, 6.45) is 6.31. The van der Waals surface area contributed by atoms with Crippen LogP contribution in [-0.4, -0.2) is 11.8 Å². The molecule has 0 radical (unpaired) electrons. The molecule has 110 valence electrons. The second-order valence-electron chi connectivity index (χ2n) is 4.51. The molecule has 0 saturated carbocycles. The Morgan fingerprint density at radius 3 is 2.59 bits per heavy atom. The fraction of sp³-hybridized carbons (Fsp3) is 0. The molecule has 0 unspecified atom stereocenters. The second-order valence-corrected chi connectivity index (χ2v) is 5.43. The third kappa shape index (κ3) is 2.87. The van der Waals surface area contributed by atoms with Crippen LogP contribution in [0, 0.1) is 0 Å². The zero-order chi connectivity index (χ0) is 15.5. The van der Waals surface area contributed by atoms with Crippen LogP contribution in [0.1, 0.15) is 5.76 Å². The van der Waals surface area contributed by atoms with Gasteiger partial charge in [-0.3, -0.25) is 15.0 Å². The standard InChI is InChI=1S/C16H11BrN2O3/c17-11-6-8-12(9-7-11)19-16(21)14(15(20)18-19)5-1-3-13-4-2-10-22-13/h1-10H,(H,18,20). The number of anilines is 1. The Hall–Kier alpha value is -2.60. The van der Waals surface area contributed by atoms with Gasteiger partial charge in [0, 0.05) is 4.47 Å². The number of amides is 2. The van der Waals surface area contributed by atoms with Crippen LogP contribution in [0.4, 0.5) is 5.69 Å². The van der Waals surface area contributed by atoms with Gasteiger partial charge in [-0.2, -0.15) is 0 Å². The Balaban J connectivity index is 1.80. The molecule has 22 heavy (non-hydrogen) atoms. The number of hydrogen-bond donors (Lipinski definition) is 1. The molecule has 0 bridgehead atoms. The van der Waals surface area contributed by atoms with Gasteiger partial charge in [-0.1, -0.05) is 22.0 Å². The Morgan fingerprint density at radius 2 is 1.91 bits per heavy atom. The number of carbonyl (C=O) groups excluding carboxylic acids is 2. The summed E-state index contributed by atoms with van der Waals surface area (Å²) in [4.78, 5) is 24.2. The van der Waals surface area contributed by atoms with Crippen molar-refractivity contribution in [2.45, 2.75) is 0 Å². The molecule has 0 spiro atoms. The van der Waals surface area contributed by atoms with E-state index < -0.39 is 11.8 Å². The molecule has 0 atom stereocenters. The van der Waals surface area contributed by atoms with E-state index >= 15 is 0 Å². The molecule has 5 nitrogen and oxygen atoms in total. The van der Waals surface area contributed by atoms with Crippen LogP contribution in [0.25, 0.3) is 6.08 Å². The first-order valence-electron chi connectivity index (χ1n) is 6.48. The molecule has 1 fully saturated rings. The SMILES string of the molecule is O=C1NN(c2ccc(Br)cc2)C(=O)C1=CC=Cc1ccco1. The van der Waals surface area contributed by atoms with Gasteiger partial charge >= 0.3 is 0 Å². The van der Waals surface area contributed by atoms with E-state index in [9.17, 15) is 9.59 Å². The highest BCUT2D eigenvalue weighted by atomic mass is 79.9. The maximum absolute atomic E-state index is 12.3. The van der Waals surface area contributed by atoms with Crippen molar-refractivity contribution in [2.75, 3.05) is 5.01 Å². The quantitative estimate of drug-likeness (QED) is 0.677. The van der Waals surface area contributed by atoms with Crippen LogP contribution in [0.5, 0.6) is 0 Å². The largest absolute Gasteiger partial charge is 0.465 e. The molecule has 2 aromatic rings. The molecule has 1 aliphatic rings. The van der Waals surface area contributed by atoms with Crippen LogP contribution >= 0.6 is 15.9 Å². The fourth-order valence-corrected chi connectivity index (χ4v) is 2.24. The summed E-state index contributed by atoms with van der Waals surface area (Å²) < 4.78 is 6.03. The van der Waals surface area contributed by atoms with Gasteiger partial charge in [0.25, 0.3) is 11.8 Å². The van der Waals surface area contributed by atoms with E-state index in [0.717, 1.165) is 4.47 Å². The van der Waals surface area contributed by atoms with E-state index in [-0.39, 0.29) is 5.57 Å². The minimum atomic E-state index is -0.433. The average Bonchev–Trinajstić information content (AvgIpc) is 3.11. The minimum absolute atomic E-state index is 0.0747. The lowest BCUT2D eigenvalue weighted by Gasteiger charge is -2.14. The van der Waals surface area contributed by atoms with Crippen LogP contribution in [0.3, 0.4) is 0 Å². The molecule has 2 heterocycles. The number of carbonyl (C=O) groups is 2. The molecular weight excluding hydrogens is 348 g/mol. The normalized spacial score (nSPS) is 16.8. The van der Waals surface area contributed by atoms with E-state index in [1.807, 2.05) is 0 Å². The molecular formula is C16H11BrN2O3. The molecule has 3 rings (SSSR count). The van der Waals surface area contributed by atoms with Crippen molar-refractivity contribution in [3.63, 3.8) is 0 Å². The summed E-state index contributed by atoms with van der Waals surface area (Å²) in [6.45, 7) is 0. The van der Waals surface area contributed by atoms with Crippen molar-refractivity contribution in [1.82, 2.24) is 5.43 Å². The van der Waals surface area contributed by atoms with Gasteiger partial charge in [0.05, 0.1) is 12.0 Å². The predicted octanol–water partition coefficient (Wildman–Crippen LogP) is 3.06. The number of hydrogen-bond acceptors (Lipinski definition) is 3. The lowest BCUT2D eigenvalue weighted by molar-refractivity contribution is -0.117. The molecule has 1 aromatic carbocycles. The first-order valence-corrected chi connectivity index (χ1v) is 7.27. The zero-order valence-electron chi connectivity index (χ0n) is 11.3. The van der Waals surface area contributed by atoms with Crippen molar-refractivity contribution in [1.29, 1.82) is 0 Å². The Bertz CT molecular complexity index is 761. The van der Waals surface area contributed by atoms with Crippen LogP contribution in [0.15, 0.2) is 69.3 Å². The summed E-state index contributed by atoms with van der Waals surface area (Å²) in [6, 6.07) is 10.6. The Labute approximate surface area is 135 Å². The number of rotatable bonds is 3. The smallest absolute Gasteiger partial charge is 0.282 e. The Morgan fingerprint density at radius 1 is 1.14 bits per heavy atom. The minimum Gasteiger partial charge on any atom is -0.465 e. The lowest BCUT2D eigenvalue weighted by atomic mass is 10.2. The average molecular weight is 359 g/mol. The van der Waals surface area contributed by atoms with E-state index in [1.54, 1.807) is 54.8 Å². The zero-order valence-corrected chi connectivity index (χ0v) is 12.9. The maximum atomic E-state index is 12.3. The van der Waals surface area contributed by atoms with Crippen LogP contribution in [0.2, 0.25) is 0 Å². The van der Waals surface area contributed by atoms with Gasteiger partial charge < -0.3 is 4.42 Å². The highest BCUT2D eigenvalue weighted by molar-refractivity contribution is 9.10. The van der Waals surface area contributed by atoms with Crippen molar-refractivity contribution in [3.05, 3.63) is 70.6 Å². The third-order valence-corrected chi connectivity index (χ3v) is 3.57. The van der Waals surface area contributed by atoms with Crippen molar-refractivity contribution in [3.8, 4) is 0 Å². The summed E-state index contributed by atoms with van der Waals surface area (Å²) in [5.74, 6) is -0.180.